The van der Waals surface area contributed by atoms with Crippen LogP contribution in [0.4, 0.5) is 0 Å². The van der Waals surface area contributed by atoms with Crippen LogP contribution in [-0.2, 0) is 0 Å². The van der Waals surface area contributed by atoms with E-state index in [1.165, 1.54) is 0 Å². The van der Waals surface area contributed by atoms with Crippen molar-refractivity contribution < 1.29 is 0 Å². The Morgan fingerprint density at radius 2 is 1.75 bits per heavy atom. The molecule has 1 rings (SSSR count). The van der Waals surface area contributed by atoms with Crippen molar-refractivity contribution in [1.82, 2.24) is 4.90 Å². The molecule has 0 aromatic heterocycles. The van der Waals surface area contributed by atoms with E-state index in [9.17, 15) is 0 Å². The molecule has 16 heavy (non-hydrogen) atoms. The predicted molar refractivity (Wildman–Crippen MR) is 74.4 cm³/mol. The van der Waals surface area contributed by atoms with Crippen molar-refractivity contribution in [2.24, 2.45) is 9.51 Å². The first-order valence-corrected chi connectivity index (χ1v) is 9.02. The summed E-state index contributed by atoms with van der Waals surface area (Å²) in [7, 11) is 0. The minimum Gasteiger partial charge on any atom is -0.357 e. The summed E-state index contributed by atoms with van der Waals surface area (Å²) in [6.07, 6.45) is 0.841. The summed E-state index contributed by atoms with van der Waals surface area (Å²) < 4.78 is 8.72. The van der Waals surface area contributed by atoms with Crippen LogP contribution in [0.3, 0.4) is 0 Å². The summed E-state index contributed by atoms with van der Waals surface area (Å²) in [6.45, 7) is 10.1. The first kappa shape index (κ1) is 14.1. The third kappa shape index (κ3) is 3.03. The van der Waals surface area contributed by atoms with Gasteiger partial charge >= 0.3 is 0 Å². The third-order valence-corrected chi connectivity index (χ3v) is 4.44. The molecular weight excluding hydrogens is 264 g/mol. The number of allylic oxidation sites excluding steroid dienone is 1. The fourth-order valence-corrected chi connectivity index (χ4v) is 3.83. The molecule has 0 radical (unpaired) electrons. The lowest BCUT2D eigenvalue weighted by Crippen LogP contribution is -2.24. The van der Waals surface area contributed by atoms with Gasteiger partial charge in [-0.15, -0.1) is 0 Å². The molecule has 1 aliphatic rings. The minimum absolute atomic E-state index is 0.841. The fourth-order valence-electron chi connectivity index (χ4n) is 1.72. The fraction of sp³-hybridized carbons (Fsp3) is 0.700. The maximum Gasteiger partial charge on any atom is 0.255 e. The predicted octanol–water partition coefficient (Wildman–Crippen LogP) is 4.85. The molecule has 0 spiro atoms. The highest BCUT2D eigenvalue weighted by molar-refractivity contribution is 8.09. The topological polar surface area (TPSA) is 28.0 Å². The van der Waals surface area contributed by atoms with E-state index in [0.717, 1.165) is 36.6 Å². The van der Waals surface area contributed by atoms with E-state index >= 15 is 0 Å². The van der Waals surface area contributed by atoms with Crippen molar-refractivity contribution in [3.8, 4) is 0 Å². The molecule has 0 aromatic carbocycles. The van der Waals surface area contributed by atoms with E-state index in [1.807, 2.05) is 6.92 Å². The van der Waals surface area contributed by atoms with Crippen LogP contribution in [0, 0.1) is 0 Å². The van der Waals surface area contributed by atoms with Gasteiger partial charge in [0.25, 0.3) is 5.91 Å². The second-order valence-corrected chi connectivity index (χ2v) is 8.24. The first-order chi connectivity index (χ1) is 7.45. The van der Waals surface area contributed by atoms with Gasteiger partial charge in [-0.25, -0.2) is 4.76 Å². The molecule has 0 saturated heterocycles. The summed E-state index contributed by atoms with van der Waals surface area (Å²) in [5.41, 5.74) is 2.08. The number of hydrogen-bond donors (Lipinski definition) is 0. The Hall–Kier alpha value is 0.0200. The van der Waals surface area contributed by atoms with E-state index in [0.29, 0.717) is 0 Å². The summed E-state index contributed by atoms with van der Waals surface area (Å²) in [4.78, 5) is 2.17. The van der Waals surface area contributed by atoms with Crippen molar-refractivity contribution in [3.05, 3.63) is 11.4 Å². The van der Waals surface area contributed by atoms with Gasteiger partial charge in [-0.1, -0.05) is 6.92 Å². The van der Waals surface area contributed by atoms with Crippen LogP contribution in [0.1, 0.15) is 34.1 Å². The van der Waals surface area contributed by atoms with Gasteiger partial charge in [-0.3, -0.25) is 0 Å². The van der Waals surface area contributed by atoms with Crippen LogP contribution in [0.5, 0.6) is 0 Å². The number of nitrogens with zero attached hydrogens (tertiary/aromatic N) is 3. The second-order valence-electron chi connectivity index (χ2n) is 3.58. The maximum absolute atomic E-state index is 6.13. The van der Waals surface area contributed by atoms with Crippen LogP contribution in [0.15, 0.2) is 20.9 Å². The summed E-state index contributed by atoms with van der Waals surface area (Å²) in [6, 6.07) is 0. The van der Waals surface area contributed by atoms with Crippen LogP contribution in [0.25, 0.3) is 0 Å². The molecule has 0 atom stereocenters. The van der Waals surface area contributed by atoms with Gasteiger partial charge in [0.2, 0.25) is 0 Å². The molecule has 0 amide bonds. The molecule has 1 heterocycles. The lowest BCUT2D eigenvalue weighted by Gasteiger charge is -2.27. The van der Waals surface area contributed by atoms with Crippen molar-refractivity contribution in [2.75, 3.05) is 13.1 Å². The average molecular weight is 282 g/mol. The highest BCUT2D eigenvalue weighted by atomic mass is 35.9. The van der Waals surface area contributed by atoms with Gasteiger partial charge in [0, 0.05) is 24.4 Å². The Kier molecular flexibility index (Phi) is 4.90. The molecule has 0 unspecified atom stereocenters. The van der Waals surface area contributed by atoms with Gasteiger partial charge in [0.1, 0.15) is 5.82 Å². The Bertz CT molecular complexity index is 378. The Balaban J connectivity index is 3.26. The Labute approximate surface area is 107 Å². The van der Waals surface area contributed by atoms with E-state index in [2.05, 4.69) is 35.2 Å². The standard InChI is InChI=1S/C10H18Cl2N3P/c1-5-9-8(4)10(15(6-2)7-3)14-16(11,12)13-9/h5-7H2,1-4H3. The van der Waals surface area contributed by atoms with E-state index < -0.39 is 5.91 Å². The molecule has 0 aliphatic carbocycles. The molecule has 0 bridgehead atoms. The normalized spacial score (nSPS) is 19.2. The molecule has 0 aromatic rings. The minimum atomic E-state index is -2.53. The van der Waals surface area contributed by atoms with Gasteiger partial charge < -0.3 is 4.90 Å². The largest absolute Gasteiger partial charge is 0.357 e. The van der Waals surface area contributed by atoms with Crippen molar-refractivity contribution in [1.29, 1.82) is 0 Å². The van der Waals surface area contributed by atoms with Gasteiger partial charge in [-0.2, -0.15) is 4.74 Å². The van der Waals surface area contributed by atoms with E-state index in [1.54, 1.807) is 0 Å². The zero-order valence-electron chi connectivity index (χ0n) is 10.2. The smallest absolute Gasteiger partial charge is 0.255 e. The second kappa shape index (κ2) is 5.57. The van der Waals surface area contributed by atoms with E-state index in [-0.39, 0.29) is 0 Å². The van der Waals surface area contributed by atoms with Crippen molar-refractivity contribution in [2.45, 2.75) is 34.1 Å². The SMILES string of the molecule is CCC1=NP(Cl)(Cl)=NC(N(CC)CC)=C1C. The van der Waals surface area contributed by atoms with Gasteiger partial charge in [0.15, 0.2) is 0 Å². The van der Waals surface area contributed by atoms with Crippen LogP contribution in [0.2, 0.25) is 0 Å². The molecule has 0 fully saturated rings. The van der Waals surface area contributed by atoms with Crippen LogP contribution >= 0.6 is 28.4 Å². The molecule has 1 aliphatic heterocycles. The number of rotatable bonds is 4. The molecule has 0 N–H and O–H groups in total. The average Bonchev–Trinajstić information content (AvgIpc) is 2.24. The van der Waals surface area contributed by atoms with E-state index in [4.69, 9.17) is 22.5 Å². The van der Waals surface area contributed by atoms with Crippen molar-refractivity contribution >= 4 is 34.1 Å². The van der Waals surface area contributed by atoms with Crippen molar-refractivity contribution in [3.63, 3.8) is 0 Å². The summed E-state index contributed by atoms with van der Waals surface area (Å²) in [5, 5.41) is 0. The highest BCUT2D eigenvalue weighted by Crippen LogP contribution is 2.64. The number of hydrogen-bond acceptors (Lipinski definition) is 3. The first-order valence-electron chi connectivity index (χ1n) is 5.52. The number of halogens is 2. The molecular formula is C10H18Cl2N3P. The van der Waals surface area contributed by atoms with Crippen LogP contribution < -0.4 is 0 Å². The Morgan fingerprint density at radius 1 is 1.19 bits per heavy atom. The third-order valence-electron chi connectivity index (χ3n) is 2.62. The monoisotopic (exact) mass is 281 g/mol. The van der Waals surface area contributed by atoms with Gasteiger partial charge in [0.05, 0.1) is 0 Å². The lowest BCUT2D eigenvalue weighted by molar-refractivity contribution is 0.377. The zero-order chi connectivity index (χ0) is 12.3. The molecule has 92 valence electrons. The zero-order valence-corrected chi connectivity index (χ0v) is 12.6. The highest BCUT2D eigenvalue weighted by Gasteiger charge is 2.23. The van der Waals surface area contributed by atoms with Gasteiger partial charge in [-0.05, 0) is 49.7 Å². The molecule has 6 heteroatoms. The lowest BCUT2D eigenvalue weighted by atomic mass is 10.1. The van der Waals surface area contributed by atoms with Crippen LogP contribution in [-0.4, -0.2) is 23.7 Å². The summed E-state index contributed by atoms with van der Waals surface area (Å²) >= 11 is 12.3. The molecule has 3 nitrogen and oxygen atoms in total. The molecule has 0 saturated carbocycles. The summed E-state index contributed by atoms with van der Waals surface area (Å²) in [5.74, 6) is -1.61. The maximum atomic E-state index is 6.13. The Morgan fingerprint density at radius 3 is 2.19 bits per heavy atom. The quantitative estimate of drug-likeness (QED) is 0.677.